The van der Waals surface area contributed by atoms with Crippen LogP contribution < -0.4 is 0 Å². The number of hydrogen-bond donors (Lipinski definition) is 0. The molecule has 1 aromatic carbocycles. The molecule has 0 unspecified atom stereocenters. The van der Waals surface area contributed by atoms with Crippen LogP contribution in [0.3, 0.4) is 0 Å². The molecule has 0 aliphatic carbocycles. The number of aromatic nitrogens is 2. The largest absolute Gasteiger partial charge is 0.333 e. The van der Waals surface area contributed by atoms with Gasteiger partial charge in [0, 0.05) is 4.47 Å². The Kier molecular flexibility index (Phi) is 2.41. The average molecular weight is 253 g/mol. The van der Waals surface area contributed by atoms with Crippen molar-refractivity contribution < 1.29 is 9.32 Å². The lowest BCUT2D eigenvalue weighted by Crippen LogP contribution is -1.82. The van der Waals surface area contributed by atoms with E-state index < -0.39 is 0 Å². The Bertz CT molecular complexity index is 467. The molecule has 0 bridgehead atoms. The maximum Gasteiger partial charge on any atom is 0.259 e. The highest BCUT2D eigenvalue weighted by Crippen LogP contribution is 2.25. The summed E-state index contributed by atoms with van der Waals surface area (Å²) in [4.78, 5) is 14.2. The van der Waals surface area contributed by atoms with E-state index in [1.165, 1.54) is 0 Å². The van der Waals surface area contributed by atoms with Gasteiger partial charge in [0.25, 0.3) is 5.89 Å². The summed E-state index contributed by atoms with van der Waals surface area (Å²) >= 11 is 3.35. The lowest BCUT2D eigenvalue weighted by atomic mass is 10.2. The molecule has 0 radical (unpaired) electrons. The zero-order valence-electron chi connectivity index (χ0n) is 6.98. The molecule has 0 fully saturated rings. The van der Waals surface area contributed by atoms with Crippen molar-refractivity contribution in [3.63, 3.8) is 0 Å². The Morgan fingerprint density at radius 2 is 2.14 bits per heavy atom. The molecule has 1 heterocycles. The van der Waals surface area contributed by atoms with E-state index in [0.717, 1.165) is 10.0 Å². The molecule has 0 aliphatic heterocycles. The van der Waals surface area contributed by atoms with Gasteiger partial charge in [0.2, 0.25) is 5.82 Å². The lowest BCUT2D eigenvalue weighted by Gasteiger charge is -1.95. The van der Waals surface area contributed by atoms with E-state index >= 15 is 0 Å². The summed E-state index contributed by atoms with van der Waals surface area (Å²) in [6, 6.07) is 7.42. The van der Waals surface area contributed by atoms with Gasteiger partial charge in [-0.3, -0.25) is 4.79 Å². The normalized spacial score (nSPS) is 10.1. The third-order valence-electron chi connectivity index (χ3n) is 1.65. The van der Waals surface area contributed by atoms with Crippen LogP contribution in [-0.2, 0) is 0 Å². The van der Waals surface area contributed by atoms with Gasteiger partial charge >= 0.3 is 0 Å². The number of carbonyl (C=O) groups is 1. The first kappa shape index (κ1) is 9.08. The van der Waals surface area contributed by atoms with Crippen molar-refractivity contribution in [3.8, 4) is 11.5 Å². The molecular weight excluding hydrogens is 248 g/mol. The van der Waals surface area contributed by atoms with Crippen LogP contribution in [0.2, 0.25) is 0 Å². The minimum atomic E-state index is 0.0516. The zero-order chi connectivity index (χ0) is 9.97. The standard InChI is InChI=1S/C9H5BrN2O2/c10-7-4-2-1-3-6(7)9-11-8(5-13)12-14-9/h1-5H. The van der Waals surface area contributed by atoms with Crippen molar-refractivity contribution in [1.29, 1.82) is 0 Å². The van der Waals surface area contributed by atoms with Gasteiger partial charge in [0.15, 0.2) is 6.29 Å². The number of aldehydes is 1. The highest BCUT2D eigenvalue weighted by molar-refractivity contribution is 9.10. The third kappa shape index (κ3) is 1.58. The van der Waals surface area contributed by atoms with Gasteiger partial charge in [-0.25, -0.2) is 0 Å². The summed E-state index contributed by atoms with van der Waals surface area (Å²) in [7, 11) is 0. The monoisotopic (exact) mass is 252 g/mol. The van der Waals surface area contributed by atoms with Gasteiger partial charge in [-0.15, -0.1) is 0 Å². The molecule has 0 saturated heterocycles. The molecule has 14 heavy (non-hydrogen) atoms. The SMILES string of the molecule is O=Cc1noc(-c2ccccc2Br)n1. The summed E-state index contributed by atoms with van der Waals surface area (Å²) in [5.41, 5.74) is 0.771. The van der Waals surface area contributed by atoms with Gasteiger partial charge in [0.1, 0.15) is 0 Å². The Labute approximate surface area is 88.1 Å². The van der Waals surface area contributed by atoms with Crippen molar-refractivity contribution in [2.45, 2.75) is 0 Å². The van der Waals surface area contributed by atoms with E-state index in [1.807, 2.05) is 24.3 Å². The second-order valence-electron chi connectivity index (χ2n) is 2.56. The van der Waals surface area contributed by atoms with Crippen LogP contribution in [0.25, 0.3) is 11.5 Å². The van der Waals surface area contributed by atoms with Crippen LogP contribution in [0.15, 0.2) is 33.3 Å². The molecule has 70 valence electrons. The minimum Gasteiger partial charge on any atom is -0.333 e. The molecule has 0 aliphatic rings. The number of nitrogens with zero attached hydrogens (tertiary/aromatic N) is 2. The molecule has 0 saturated carbocycles. The fourth-order valence-corrected chi connectivity index (χ4v) is 1.48. The van der Waals surface area contributed by atoms with Crippen molar-refractivity contribution >= 4 is 22.2 Å². The second kappa shape index (κ2) is 3.71. The van der Waals surface area contributed by atoms with Crippen LogP contribution >= 0.6 is 15.9 Å². The van der Waals surface area contributed by atoms with Crippen molar-refractivity contribution in [2.75, 3.05) is 0 Å². The van der Waals surface area contributed by atoms with Crippen molar-refractivity contribution in [1.82, 2.24) is 10.1 Å². The Balaban J connectivity index is 2.49. The number of benzene rings is 1. The van der Waals surface area contributed by atoms with Gasteiger partial charge in [-0.2, -0.15) is 4.98 Å². The summed E-state index contributed by atoms with van der Waals surface area (Å²) in [6.45, 7) is 0. The van der Waals surface area contributed by atoms with E-state index in [-0.39, 0.29) is 5.82 Å². The topological polar surface area (TPSA) is 56.0 Å². The number of halogens is 1. The van der Waals surface area contributed by atoms with E-state index in [0.29, 0.717) is 12.2 Å². The lowest BCUT2D eigenvalue weighted by molar-refractivity contribution is 0.111. The molecule has 0 amide bonds. The zero-order valence-corrected chi connectivity index (χ0v) is 8.56. The number of hydrogen-bond acceptors (Lipinski definition) is 4. The second-order valence-corrected chi connectivity index (χ2v) is 3.41. The maximum atomic E-state index is 10.3. The number of rotatable bonds is 2. The first-order valence-electron chi connectivity index (χ1n) is 3.85. The first-order valence-corrected chi connectivity index (χ1v) is 4.64. The van der Waals surface area contributed by atoms with Crippen molar-refractivity contribution in [3.05, 3.63) is 34.6 Å². The Morgan fingerprint density at radius 1 is 1.36 bits per heavy atom. The molecule has 0 atom stereocenters. The average Bonchev–Trinajstić information content (AvgIpc) is 2.67. The molecule has 4 nitrogen and oxygen atoms in total. The molecule has 5 heteroatoms. The van der Waals surface area contributed by atoms with Gasteiger partial charge in [-0.05, 0) is 28.1 Å². The molecule has 0 spiro atoms. The highest BCUT2D eigenvalue weighted by atomic mass is 79.9. The molecule has 1 aromatic heterocycles. The minimum absolute atomic E-state index is 0.0516. The van der Waals surface area contributed by atoms with E-state index in [9.17, 15) is 4.79 Å². The third-order valence-corrected chi connectivity index (χ3v) is 2.34. The van der Waals surface area contributed by atoms with Gasteiger partial charge in [-0.1, -0.05) is 17.3 Å². The molecule has 0 N–H and O–H groups in total. The predicted molar refractivity (Wildman–Crippen MR) is 52.8 cm³/mol. The quantitative estimate of drug-likeness (QED) is 0.770. The van der Waals surface area contributed by atoms with Gasteiger partial charge < -0.3 is 4.52 Å². The van der Waals surface area contributed by atoms with Crippen LogP contribution in [0.4, 0.5) is 0 Å². The molecule has 2 aromatic rings. The fourth-order valence-electron chi connectivity index (χ4n) is 1.03. The summed E-state index contributed by atoms with van der Waals surface area (Å²) in [5.74, 6) is 0.385. The van der Waals surface area contributed by atoms with Crippen molar-refractivity contribution in [2.24, 2.45) is 0 Å². The maximum absolute atomic E-state index is 10.3. The Hall–Kier alpha value is -1.49. The van der Waals surface area contributed by atoms with E-state index in [1.54, 1.807) is 0 Å². The first-order chi connectivity index (χ1) is 6.81. The Morgan fingerprint density at radius 3 is 2.79 bits per heavy atom. The highest BCUT2D eigenvalue weighted by Gasteiger charge is 2.10. The van der Waals surface area contributed by atoms with E-state index in [4.69, 9.17) is 4.52 Å². The van der Waals surface area contributed by atoms with Crippen LogP contribution in [0, 0.1) is 0 Å². The van der Waals surface area contributed by atoms with Crippen LogP contribution in [0.5, 0.6) is 0 Å². The van der Waals surface area contributed by atoms with E-state index in [2.05, 4.69) is 26.1 Å². The fraction of sp³-hybridized carbons (Fsp3) is 0. The predicted octanol–water partition coefficient (Wildman–Crippen LogP) is 2.31. The molecule has 2 rings (SSSR count). The van der Waals surface area contributed by atoms with Crippen LogP contribution in [-0.4, -0.2) is 16.4 Å². The summed E-state index contributed by atoms with van der Waals surface area (Å²) < 4.78 is 5.75. The number of carbonyl (C=O) groups excluding carboxylic acids is 1. The summed E-state index contributed by atoms with van der Waals surface area (Å²) in [6.07, 6.45) is 0.545. The summed E-state index contributed by atoms with van der Waals surface area (Å²) in [5, 5.41) is 3.48. The van der Waals surface area contributed by atoms with Gasteiger partial charge in [0.05, 0.1) is 5.56 Å². The smallest absolute Gasteiger partial charge is 0.259 e. The molecular formula is C9H5BrN2O2. The van der Waals surface area contributed by atoms with Crippen LogP contribution in [0.1, 0.15) is 10.6 Å².